The minimum absolute atomic E-state index is 0.0176. The van der Waals surface area contributed by atoms with Crippen LogP contribution in [0.15, 0.2) is 0 Å². The molecular weight excluding hydrogens is 242 g/mol. The summed E-state index contributed by atoms with van der Waals surface area (Å²) in [5.41, 5.74) is 0.242. The maximum atomic E-state index is 11.9. The van der Waals surface area contributed by atoms with Gasteiger partial charge in [0.05, 0.1) is 0 Å². The molecule has 19 heavy (non-hydrogen) atoms. The van der Waals surface area contributed by atoms with Gasteiger partial charge in [0.25, 0.3) is 0 Å². The highest BCUT2D eigenvalue weighted by molar-refractivity contribution is 5.83. The SMILES string of the molecule is C[C@H]1C[C@H](OC(=O)CN2CCCC2=O)CC(C)(C)C1. The van der Waals surface area contributed by atoms with Crippen LogP contribution in [-0.2, 0) is 14.3 Å². The van der Waals surface area contributed by atoms with Gasteiger partial charge in [0.2, 0.25) is 5.91 Å². The van der Waals surface area contributed by atoms with Crippen molar-refractivity contribution in [1.82, 2.24) is 4.90 Å². The topological polar surface area (TPSA) is 46.6 Å². The normalized spacial score (nSPS) is 30.5. The van der Waals surface area contributed by atoms with Gasteiger partial charge < -0.3 is 9.64 Å². The first-order chi connectivity index (χ1) is 8.85. The fourth-order valence-corrected chi connectivity index (χ4v) is 3.60. The van der Waals surface area contributed by atoms with Gasteiger partial charge >= 0.3 is 5.97 Å². The van der Waals surface area contributed by atoms with E-state index >= 15 is 0 Å². The molecule has 1 amide bonds. The van der Waals surface area contributed by atoms with Gasteiger partial charge in [-0.2, -0.15) is 0 Å². The maximum absolute atomic E-state index is 11.9. The van der Waals surface area contributed by atoms with Crippen LogP contribution in [0, 0.1) is 11.3 Å². The molecule has 2 atom stereocenters. The van der Waals surface area contributed by atoms with Crippen molar-refractivity contribution in [3.8, 4) is 0 Å². The van der Waals surface area contributed by atoms with Crippen LogP contribution in [0.5, 0.6) is 0 Å². The standard InChI is InChI=1S/C15H25NO3/c1-11-7-12(9-15(2,3)8-11)19-14(18)10-16-6-4-5-13(16)17/h11-12H,4-10H2,1-3H3/t11-,12-/m0/s1. The summed E-state index contributed by atoms with van der Waals surface area (Å²) >= 11 is 0. The van der Waals surface area contributed by atoms with Crippen LogP contribution in [0.2, 0.25) is 0 Å². The monoisotopic (exact) mass is 267 g/mol. The van der Waals surface area contributed by atoms with Gasteiger partial charge in [-0.1, -0.05) is 20.8 Å². The molecule has 0 bridgehead atoms. The number of hydrogen-bond donors (Lipinski definition) is 0. The lowest BCUT2D eigenvalue weighted by molar-refractivity contribution is -0.156. The Morgan fingerprint density at radius 2 is 2.16 bits per heavy atom. The van der Waals surface area contributed by atoms with Gasteiger partial charge in [-0.05, 0) is 37.0 Å². The molecule has 1 aliphatic heterocycles. The van der Waals surface area contributed by atoms with Crippen molar-refractivity contribution in [2.45, 2.75) is 59.0 Å². The zero-order valence-electron chi connectivity index (χ0n) is 12.3. The van der Waals surface area contributed by atoms with E-state index in [2.05, 4.69) is 20.8 Å². The van der Waals surface area contributed by atoms with E-state index in [4.69, 9.17) is 4.74 Å². The lowest BCUT2D eigenvalue weighted by Gasteiger charge is -2.38. The second-order valence-electron chi connectivity index (χ2n) is 6.94. The highest BCUT2D eigenvalue weighted by atomic mass is 16.5. The Morgan fingerprint density at radius 1 is 1.42 bits per heavy atom. The Hall–Kier alpha value is -1.06. The highest BCUT2D eigenvalue weighted by Gasteiger charge is 2.34. The fraction of sp³-hybridized carbons (Fsp3) is 0.867. The van der Waals surface area contributed by atoms with Crippen molar-refractivity contribution in [3.05, 3.63) is 0 Å². The van der Waals surface area contributed by atoms with Gasteiger partial charge in [-0.3, -0.25) is 9.59 Å². The smallest absolute Gasteiger partial charge is 0.325 e. The van der Waals surface area contributed by atoms with Crippen LogP contribution in [0.1, 0.15) is 52.9 Å². The van der Waals surface area contributed by atoms with E-state index in [-0.39, 0.29) is 29.9 Å². The summed E-state index contributed by atoms with van der Waals surface area (Å²) in [5, 5.41) is 0. The number of ether oxygens (including phenoxy) is 1. The molecule has 1 saturated carbocycles. The fourth-order valence-electron chi connectivity index (χ4n) is 3.60. The molecule has 0 radical (unpaired) electrons. The Morgan fingerprint density at radius 3 is 2.74 bits per heavy atom. The molecule has 0 unspecified atom stereocenters. The molecular formula is C15H25NO3. The van der Waals surface area contributed by atoms with Gasteiger partial charge in [-0.25, -0.2) is 0 Å². The zero-order chi connectivity index (χ0) is 14.0. The first kappa shape index (κ1) is 14.4. The zero-order valence-corrected chi connectivity index (χ0v) is 12.3. The number of esters is 1. The van der Waals surface area contributed by atoms with Crippen LogP contribution in [0.25, 0.3) is 0 Å². The van der Waals surface area contributed by atoms with Crippen molar-refractivity contribution < 1.29 is 14.3 Å². The minimum Gasteiger partial charge on any atom is -0.461 e. The quantitative estimate of drug-likeness (QED) is 0.737. The van der Waals surface area contributed by atoms with Crippen molar-refractivity contribution in [2.24, 2.45) is 11.3 Å². The molecule has 4 heteroatoms. The second-order valence-corrected chi connectivity index (χ2v) is 6.94. The minimum atomic E-state index is -0.245. The third-order valence-corrected chi connectivity index (χ3v) is 4.14. The average molecular weight is 267 g/mol. The molecule has 1 aliphatic carbocycles. The summed E-state index contributed by atoms with van der Waals surface area (Å²) in [6.45, 7) is 7.50. The lowest BCUT2D eigenvalue weighted by Crippen LogP contribution is -2.37. The summed E-state index contributed by atoms with van der Waals surface area (Å²) in [7, 11) is 0. The lowest BCUT2D eigenvalue weighted by atomic mass is 9.71. The summed E-state index contributed by atoms with van der Waals surface area (Å²) in [6, 6.07) is 0. The van der Waals surface area contributed by atoms with Crippen LogP contribution in [0.4, 0.5) is 0 Å². The third kappa shape index (κ3) is 3.95. The molecule has 2 rings (SSSR count). The molecule has 0 aromatic heterocycles. The van der Waals surface area contributed by atoms with E-state index in [0.29, 0.717) is 18.9 Å². The number of nitrogens with zero attached hydrogens (tertiary/aromatic N) is 1. The molecule has 1 saturated heterocycles. The molecule has 2 fully saturated rings. The van der Waals surface area contributed by atoms with Crippen LogP contribution < -0.4 is 0 Å². The number of likely N-dealkylation sites (tertiary alicyclic amines) is 1. The van der Waals surface area contributed by atoms with Gasteiger partial charge in [-0.15, -0.1) is 0 Å². The van der Waals surface area contributed by atoms with Crippen molar-refractivity contribution in [1.29, 1.82) is 0 Å². The van der Waals surface area contributed by atoms with Crippen LogP contribution >= 0.6 is 0 Å². The number of amides is 1. The van der Waals surface area contributed by atoms with Gasteiger partial charge in [0.15, 0.2) is 0 Å². The molecule has 0 N–H and O–H groups in total. The van der Waals surface area contributed by atoms with E-state index in [9.17, 15) is 9.59 Å². The van der Waals surface area contributed by atoms with E-state index in [1.54, 1.807) is 4.90 Å². The molecule has 108 valence electrons. The average Bonchev–Trinajstić information content (AvgIpc) is 2.60. The second kappa shape index (κ2) is 5.51. The maximum Gasteiger partial charge on any atom is 0.325 e. The molecule has 0 aromatic carbocycles. The Kier molecular flexibility index (Phi) is 4.16. The number of carbonyl (C=O) groups excluding carboxylic acids is 2. The Labute approximate surface area is 115 Å². The predicted octanol–water partition coefficient (Wildman–Crippen LogP) is 2.37. The Bertz CT molecular complexity index is 364. The molecule has 1 heterocycles. The molecule has 0 spiro atoms. The number of rotatable bonds is 3. The van der Waals surface area contributed by atoms with E-state index in [1.165, 1.54) is 6.42 Å². The van der Waals surface area contributed by atoms with E-state index < -0.39 is 0 Å². The number of carbonyl (C=O) groups is 2. The van der Waals surface area contributed by atoms with Crippen molar-refractivity contribution in [2.75, 3.05) is 13.1 Å². The predicted molar refractivity (Wildman–Crippen MR) is 72.5 cm³/mol. The van der Waals surface area contributed by atoms with Crippen molar-refractivity contribution in [3.63, 3.8) is 0 Å². The first-order valence-electron chi connectivity index (χ1n) is 7.33. The largest absolute Gasteiger partial charge is 0.461 e. The molecule has 2 aliphatic rings. The summed E-state index contributed by atoms with van der Waals surface area (Å²) < 4.78 is 5.57. The van der Waals surface area contributed by atoms with Crippen molar-refractivity contribution >= 4 is 11.9 Å². The first-order valence-corrected chi connectivity index (χ1v) is 7.33. The van der Waals surface area contributed by atoms with E-state index in [1.807, 2.05) is 0 Å². The van der Waals surface area contributed by atoms with E-state index in [0.717, 1.165) is 19.3 Å². The summed E-state index contributed by atoms with van der Waals surface area (Å²) in [6.07, 6.45) is 4.51. The molecule has 4 nitrogen and oxygen atoms in total. The van der Waals surface area contributed by atoms with Gasteiger partial charge in [0.1, 0.15) is 12.6 Å². The van der Waals surface area contributed by atoms with Crippen LogP contribution in [-0.4, -0.2) is 36.0 Å². The third-order valence-electron chi connectivity index (χ3n) is 4.14. The summed E-state index contributed by atoms with van der Waals surface area (Å²) in [4.78, 5) is 25.0. The van der Waals surface area contributed by atoms with Gasteiger partial charge in [0, 0.05) is 13.0 Å². The Balaban J connectivity index is 1.83. The highest BCUT2D eigenvalue weighted by Crippen LogP contribution is 2.39. The van der Waals surface area contributed by atoms with Crippen LogP contribution in [0.3, 0.4) is 0 Å². The summed E-state index contributed by atoms with van der Waals surface area (Å²) in [5.74, 6) is 0.425. The molecule has 0 aromatic rings. The number of hydrogen-bond acceptors (Lipinski definition) is 3.